The number of para-hydroxylation sites is 2. The number of methoxy groups -OCH3 is 4. The molecule has 2 aromatic carbocycles. The number of aromatic nitrogens is 10. The molecule has 24 nitrogen and oxygen atoms in total. The lowest BCUT2D eigenvalue weighted by Gasteiger charge is -2.36. The molecular formula is C52H66N18O6. The fraction of sp³-hybridized carbons (Fsp3) is 0.385. The maximum Gasteiger partial charge on any atom is 0.256 e. The van der Waals surface area contributed by atoms with Gasteiger partial charge in [-0.25, -0.2) is 19.9 Å². The average molecular weight is 1040 g/mol. The molecule has 0 aliphatic carbocycles. The first-order chi connectivity index (χ1) is 36.9. The summed E-state index contributed by atoms with van der Waals surface area (Å²) in [5.41, 5.74) is 7.66. The molecule has 2 fully saturated rings. The Kier molecular flexibility index (Phi) is 16.8. The maximum absolute atomic E-state index is 13.4. The van der Waals surface area contributed by atoms with Crippen LogP contribution in [0.4, 0.5) is 34.6 Å². The number of anilines is 6. The van der Waals surface area contributed by atoms with Gasteiger partial charge in [0, 0.05) is 127 Å². The second-order valence-corrected chi connectivity index (χ2v) is 18.7. The molecule has 6 aromatic heterocycles. The zero-order chi connectivity index (χ0) is 53.3. The highest BCUT2D eigenvalue weighted by atomic mass is 16.5. The summed E-state index contributed by atoms with van der Waals surface area (Å²) in [6, 6.07) is 14.6. The summed E-state index contributed by atoms with van der Waals surface area (Å²) < 4.78 is 24.8. The largest absolute Gasteiger partial charge is 0.478 e. The number of ether oxygens (including phenoxy) is 4. The number of hydrogen-bond acceptors (Lipinski definition) is 18. The van der Waals surface area contributed by atoms with Gasteiger partial charge in [0.1, 0.15) is 23.5 Å². The van der Waals surface area contributed by atoms with Crippen molar-refractivity contribution in [3.8, 4) is 34.3 Å². The van der Waals surface area contributed by atoms with Crippen molar-refractivity contribution in [2.45, 2.75) is 12.1 Å². The number of amides is 2. The van der Waals surface area contributed by atoms with E-state index in [1.807, 2.05) is 75.0 Å². The van der Waals surface area contributed by atoms with Gasteiger partial charge in [-0.2, -0.15) is 0 Å². The summed E-state index contributed by atoms with van der Waals surface area (Å²) >= 11 is 0. The Labute approximate surface area is 440 Å². The first kappa shape index (κ1) is 52.8. The zero-order valence-electron chi connectivity index (χ0n) is 44.1. The number of benzene rings is 2. The van der Waals surface area contributed by atoms with E-state index in [4.69, 9.17) is 28.9 Å². The molecule has 400 valence electrons. The van der Waals surface area contributed by atoms with Gasteiger partial charge >= 0.3 is 0 Å². The SMILES string of the molecule is COC[C@@H](C(=O)Nc1cccc2c(-c3ccnc(Nc4cn(C)nc4OC)n3)c[nH]c12)N1CCN(C)CC1.COC[C@H](C(=O)Nc1cccc2c(-c3ccnc(Nc4cn(C)nc4OC)n3)c[nH]c12)N1CCN(C)CC1. The molecule has 24 heteroatoms. The predicted octanol–water partition coefficient (Wildman–Crippen LogP) is 4.62. The number of aryl methyl sites for hydroxylation is 2. The number of hydrogen-bond donors (Lipinski definition) is 6. The molecule has 10 rings (SSSR count). The van der Waals surface area contributed by atoms with E-state index >= 15 is 0 Å². The number of rotatable bonds is 18. The minimum atomic E-state index is -0.363. The second kappa shape index (κ2) is 24.1. The van der Waals surface area contributed by atoms with E-state index in [1.165, 1.54) is 0 Å². The predicted molar refractivity (Wildman–Crippen MR) is 291 cm³/mol. The second-order valence-electron chi connectivity index (χ2n) is 18.7. The maximum atomic E-state index is 13.4. The van der Waals surface area contributed by atoms with Gasteiger partial charge in [-0.05, 0) is 38.4 Å². The molecule has 8 heterocycles. The van der Waals surface area contributed by atoms with Gasteiger partial charge in [0.05, 0.1) is 73.6 Å². The summed E-state index contributed by atoms with van der Waals surface area (Å²) in [6.07, 6.45) is 10.8. The number of H-pyrrole nitrogens is 2. The van der Waals surface area contributed by atoms with Gasteiger partial charge in [-0.3, -0.25) is 28.8 Å². The van der Waals surface area contributed by atoms with E-state index in [2.05, 4.69) is 85.1 Å². The minimum Gasteiger partial charge on any atom is -0.478 e. The summed E-state index contributed by atoms with van der Waals surface area (Å²) in [4.78, 5) is 60.4. The number of nitrogens with one attached hydrogen (secondary N) is 6. The Balaban J connectivity index is 0.000000186. The highest BCUT2D eigenvalue weighted by molar-refractivity contribution is 6.08. The van der Waals surface area contributed by atoms with E-state index in [-0.39, 0.29) is 23.9 Å². The molecule has 6 N–H and O–H groups in total. The van der Waals surface area contributed by atoms with Gasteiger partial charge in [-0.15, -0.1) is 10.2 Å². The Bertz CT molecular complexity index is 3030. The topological polar surface area (TPSA) is 251 Å². The van der Waals surface area contributed by atoms with Crippen LogP contribution in [0.3, 0.4) is 0 Å². The molecular weight excluding hydrogens is 973 g/mol. The number of nitrogens with zero attached hydrogens (tertiary/aromatic N) is 12. The van der Waals surface area contributed by atoms with Crippen LogP contribution in [-0.4, -0.2) is 201 Å². The summed E-state index contributed by atoms with van der Waals surface area (Å²) in [6.45, 7) is 7.65. The molecule has 8 aromatic rings. The van der Waals surface area contributed by atoms with Crippen LogP contribution in [0, 0.1) is 0 Å². The highest BCUT2D eigenvalue weighted by Gasteiger charge is 2.31. The fourth-order valence-electron chi connectivity index (χ4n) is 9.44. The number of aromatic amines is 2. The first-order valence-electron chi connectivity index (χ1n) is 24.9. The third kappa shape index (κ3) is 12.1. The van der Waals surface area contributed by atoms with Crippen molar-refractivity contribution in [1.29, 1.82) is 0 Å². The third-order valence-corrected chi connectivity index (χ3v) is 13.5. The third-order valence-electron chi connectivity index (χ3n) is 13.5. The van der Waals surface area contributed by atoms with Gasteiger partial charge in [-0.1, -0.05) is 24.3 Å². The van der Waals surface area contributed by atoms with Crippen molar-refractivity contribution in [3.05, 3.63) is 85.7 Å². The Morgan fingerprint density at radius 3 is 1.36 bits per heavy atom. The lowest BCUT2D eigenvalue weighted by atomic mass is 10.1. The van der Waals surface area contributed by atoms with Crippen molar-refractivity contribution >= 4 is 68.3 Å². The van der Waals surface area contributed by atoms with Crippen molar-refractivity contribution in [2.24, 2.45) is 14.1 Å². The molecule has 0 spiro atoms. The van der Waals surface area contributed by atoms with E-state index < -0.39 is 0 Å². The van der Waals surface area contributed by atoms with Crippen LogP contribution in [-0.2, 0) is 33.2 Å². The monoisotopic (exact) mass is 1040 g/mol. The Morgan fingerprint density at radius 1 is 0.566 bits per heavy atom. The van der Waals surface area contributed by atoms with Crippen molar-refractivity contribution in [1.82, 2.24) is 69.1 Å². The molecule has 0 saturated carbocycles. The van der Waals surface area contributed by atoms with E-state index in [0.29, 0.717) is 59.6 Å². The van der Waals surface area contributed by atoms with Crippen LogP contribution in [0.2, 0.25) is 0 Å². The van der Waals surface area contributed by atoms with Gasteiger partial charge in [0.15, 0.2) is 0 Å². The quantitative estimate of drug-likeness (QED) is 0.0686. The molecule has 2 aliphatic rings. The first-order valence-corrected chi connectivity index (χ1v) is 24.9. The standard InChI is InChI=1S/2C26H33N9O3/c2*1-33-10-12-35(13-11-33)22(16-37-3)24(36)29-20-7-5-6-17-18(14-28-23(17)20)19-8-9-27-26(30-19)31-21-15-34(2)32-25(21)38-4/h2*5-9,14-15,22,28H,10-13,16H2,1-4H3,(H,29,36)(H,27,30,31)/t2*22-/m10/s1. The average Bonchev–Trinajstić information content (AvgIpc) is 4.24. The van der Waals surface area contributed by atoms with E-state index in [9.17, 15) is 9.59 Å². The van der Waals surface area contributed by atoms with Gasteiger partial charge in [0.25, 0.3) is 11.8 Å². The lowest BCUT2D eigenvalue weighted by molar-refractivity contribution is -0.124. The molecule has 0 radical (unpaired) electrons. The van der Waals surface area contributed by atoms with E-state index in [1.54, 1.807) is 62.6 Å². The molecule has 2 atom stereocenters. The Hall–Kier alpha value is -8.00. The van der Waals surface area contributed by atoms with Crippen molar-refractivity contribution < 1.29 is 28.5 Å². The van der Waals surface area contributed by atoms with Gasteiger partial charge in [0.2, 0.25) is 23.7 Å². The smallest absolute Gasteiger partial charge is 0.256 e. The summed E-state index contributed by atoms with van der Waals surface area (Å²) in [5.74, 6) is 1.58. The van der Waals surface area contributed by atoms with Gasteiger partial charge < -0.3 is 60.0 Å². The van der Waals surface area contributed by atoms with Crippen LogP contribution in [0.5, 0.6) is 11.8 Å². The molecule has 2 amide bonds. The summed E-state index contributed by atoms with van der Waals surface area (Å²) in [5, 5.41) is 23.0. The highest BCUT2D eigenvalue weighted by Crippen LogP contribution is 2.35. The van der Waals surface area contributed by atoms with Crippen molar-refractivity contribution in [2.75, 3.05) is 129 Å². The van der Waals surface area contributed by atoms with Crippen LogP contribution in [0.25, 0.3) is 44.3 Å². The number of likely N-dealkylation sites (N-methyl/N-ethyl adjacent to an activating group) is 2. The van der Waals surface area contributed by atoms with E-state index in [0.717, 1.165) is 96.7 Å². The number of fused-ring (bicyclic) bond motifs is 2. The summed E-state index contributed by atoms with van der Waals surface area (Å²) in [7, 11) is 14.2. The van der Waals surface area contributed by atoms with Crippen LogP contribution in [0.1, 0.15) is 0 Å². The van der Waals surface area contributed by atoms with Crippen molar-refractivity contribution in [3.63, 3.8) is 0 Å². The molecule has 2 aliphatic heterocycles. The minimum absolute atomic E-state index is 0.0843. The fourth-order valence-corrected chi connectivity index (χ4v) is 9.44. The molecule has 0 unspecified atom stereocenters. The number of carbonyl (C=O) groups excluding carboxylic acids is 2. The number of piperazine rings is 2. The zero-order valence-corrected chi connectivity index (χ0v) is 44.1. The van der Waals surface area contributed by atoms with Crippen LogP contribution in [0.15, 0.2) is 85.7 Å². The molecule has 2 saturated heterocycles. The van der Waals surface area contributed by atoms with Crippen LogP contribution >= 0.6 is 0 Å². The molecule has 0 bridgehead atoms. The number of carbonyl (C=O) groups is 2. The Morgan fingerprint density at radius 2 is 0.974 bits per heavy atom. The normalized spacial score (nSPS) is 15.5. The molecule has 76 heavy (non-hydrogen) atoms. The van der Waals surface area contributed by atoms with Crippen LogP contribution < -0.4 is 30.7 Å². The lowest BCUT2D eigenvalue weighted by Crippen LogP contribution is -2.54.